The van der Waals surface area contributed by atoms with Crippen LogP contribution in [0.4, 0.5) is 0 Å². The van der Waals surface area contributed by atoms with Gasteiger partial charge in [-0.2, -0.15) is 0 Å². The molecule has 4 nitrogen and oxygen atoms in total. The molecule has 0 radical (unpaired) electrons. The van der Waals surface area contributed by atoms with Crippen LogP contribution in [0.15, 0.2) is 88.7 Å². The second-order valence-electron chi connectivity index (χ2n) is 7.73. The minimum Gasteiger partial charge on any atom is -0.346 e. The first-order valence-electron chi connectivity index (χ1n) is 10.6. The molecule has 0 saturated heterocycles. The zero-order valence-electron chi connectivity index (χ0n) is 17.4. The molecule has 0 unspecified atom stereocenters. The highest BCUT2D eigenvalue weighted by Gasteiger charge is 2.12. The molecule has 3 aromatic carbocycles. The highest BCUT2D eigenvalue weighted by Crippen LogP contribution is 2.25. The number of nitrogens with zero attached hydrogens (tertiary/aromatic N) is 3. The van der Waals surface area contributed by atoms with E-state index < -0.39 is 0 Å². The van der Waals surface area contributed by atoms with Crippen LogP contribution in [0.3, 0.4) is 0 Å². The van der Waals surface area contributed by atoms with E-state index in [1.54, 1.807) is 16.2 Å². The minimum absolute atomic E-state index is 0.0150. The summed E-state index contributed by atoms with van der Waals surface area (Å²) in [5.74, 6) is 0.936. The fourth-order valence-corrected chi connectivity index (χ4v) is 6.08. The number of thioether (sulfide) groups is 1. The Bertz CT molecular complexity index is 1730. The largest absolute Gasteiger partial charge is 0.346 e. The van der Waals surface area contributed by atoms with Gasteiger partial charge in [-0.1, -0.05) is 53.3 Å². The maximum Gasteiger partial charge on any atom is 0.274 e. The maximum absolute atomic E-state index is 13.2. The minimum atomic E-state index is -0.0150. The van der Waals surface area contributed by atoms with E-state index in [2.05, 4.69) is 33.9 Å². The first-order chi connectivity index (χ1) is 16.2. The molecule has 0 saturated carbocycles. The Kier molecular flexibility index (Phi) is 5.21. The van der Waals surface area contributed by atoms with Crippen LogP contribution in [0, 0.1) is 0 Å². The molecular weight excluding hydrogens is 470 g/mol. The average Bonchev–Trinajstić information content (AvgIpc) is 3.47. The van der Waals surface area contributed by atoms with Gasteiger partial charge in [0.05, 0.1) is 15.6 Å². The molecule has 0 aliphatic heterocycles. The normalized spacial score (nSPS) is 12.5. The molecule has 7 heteroatoms. The molecule has 0 amide bonds. The molecular formula is C26H18ClN3OS2. The van der Waals surface area contributed by atoms with E-state index in [0.717, 1.165) is 44.3 Å². The molecule has 3 heterocycles. The molecule has 162 valence electrons. The summed E-state index contributed by atoms with van der Waals surface area (Å²) in [5, 5.41) is 1.90. The zero-order chi connectivity index (χ0) is 22.4. The zero-order valence-corrected chi connectivity index (χ0v) is 19.8. The monoisotopic (exact) mass is 487 g/mol. The Morgan fingerprint density at radius 1 is 0.970 bits per heavy atom. The van der Waals surface area contributed by atoms with Gasteiger partial charge < -0.3 is 4.57 Å². The lowest BCUT2D eigenvalue weighted by atomic mass is 10.2. The summed E-state index contributed by atoms with van der Waals surface area (Å²) in [6.45, 7) is 0.865. The summed E-state index contributed by atoms with van der Waals surface area (Å²) in [4.78, 5) is 19.7. The van der Waals surface area contributed by atoms with Crippen LogP contribution < -0.4 is 10.1 Å². The summed E-state index contributed by atoms with van der Waals surface area (Å²) >= 11 is 9.23. The van der Waals surface area contributed by atoms with E-state index in [0.29, 0.717) is 4.53 Å². The second kappa shape index (κ2) is 8.37. The van der Waals surface area contributed by atoms with Crippen LogP contribution in [0.5, 0.6) is 0 Å². The van der Waals surface area contributed by atoms with Crippen LogP contribution >= 0.6 is 34.7 Å². The number of hydrogen-bond acceptors (Lipinski definition) is 4. The van der Waals surface area contributed by atoms with E-state index >= 15 is 0 Å². The van der Waals surface area contributed by atoms with Crippen LogP contribution in [-0.4, -0.2) is 19.7 Å². The quantitative estimate of drug-likeness (QED) is 0.286. The summed E-state index contributed by atoms with van der Waals surface area (Å²) < 4.78 is 4.68. The number of benzene rings is 3. The number of rotatable bonds is 5. The van der Waals surface area contributed by atoms with Gasteiger partial charge in [0.2, 0.25) is 0 Å². The molecule has 3 aromatic heterocycles. The van der Waals surface area contributed by atoms with Crippen molar-refractivity contribution in [1.82, 2.24) is 14.0 Å². The van der Waals surface area contributed by atoms with E-state index in [1.807, 2.05) is 60.7 Å². The molecule has 0 bridgehead atoms. The van der Waals surface area contributed by atoms with Crippen LogP contribution in [0.1, 0.15) is 5.56 Å². The van der Waals surface area contributed by atoms with Crippen molar-refractivity contribution >= 4 is 67.7 Å². The van der Waals surface area contributed by atoms with Crippen LogP contribution in [0.2, 0.25) is 5.02 Å². The molecule has 0 spiro atoms. The van der Waals surface area contributed by atoms with E-state index in [-0.39, 0.29) is 5.56 Å². The van der Waals surface area contributed by atoms with Gasteiger partial charge in [0, 0.05) is 44.9 Å². The van der Waals surface area contributed by atoms with Crippen molar-refractivity contribution in [1.29, 1.82) is 0 Å². The van der Waals surface area contributed by atoms with Crippen molar-refractivity contribution in [2.24, 2.45) is 0 Å². The Morgan fingerprint density at radius 2 is 1.73 bits per heavy atom. The third-order valence-corrected chi connectivity index (χ3v) is 7.88. The third kappa shape index (κ3) is 3.74. The van der Waals surface area contributed by atoms with Gasteiger partial charge in [-0.15, -0.1) is 11.8 Å². The van der Waals surface area contributed by atoms with Gasteiger partial charge in [0.15, 0.2) is 4.96 Å². The molecule has 0 aliphatic rings. The highest BCUT2D eigenvalue weighted by molar-refractivity contribution is 7.99. The smallest absolute Gasteiger partial charge is 0.274 e. The summed E-state index contributed by atoms with van der Waals surface area (Å²) in [6.07, 6.45) is 4.15. The van der Waals surface area contributed by atoms with Crippen molar-refractivity contribution in [2.75, 3.05) is 5.75 Å². The summed E-state index contributed by atoms with van der Waals surface area (Å²) in [7, 11) is 0. The Labute approximate surface area is 202 Å². The molecule has 0 atom stereocenters. The van der Waals surface area contributed by atoms with Crippen molar-refractivity contribution in [3.8, 4) is 0 Å². The van der Waals surface area contributed by atoms with Crippen LogP contribution in [-0.2, 0) is 6.54 Å². The predicted molar refractivity (Wildman–Crippen MR) is 140 cm³/mol. The number of halogens is 1. The number of thiazole rings is 1. The highest BCUT2D eigenvalue weighted by atomic mass is 35.5. The molecule has 0 fully saturated rings. The molecule has 6 aromatic rings. The van der Waals surface area contributed by atoms with Gasteiger partial charge in [0.1, 0.15) is 0 Å². The topological polar surface area (TPSA) is 39.3 Å². The number of para-hydroxylation sites is 3. The molecule has 0 aliphatic carbocycles. The van der Waals surface area contributed by atoms with Crippen molar-refractivity contribution in [2.45, 2.75) is 11.4 Å². The molecule has 0 N–H and O–H groups in total. The predicted octanol–water partition coefficient (Wildman–Crippen LogP) is 5.86. The summed E-state index contributed by atoms with van der Waals surface area (Å²) in [5.41, 5.74) is 3.91. The lowest BCUT2D eigenvalue weighted by molar-refractivity contribution is 0.806. The number of aromatic nitrogens is 3. The van der Waals surface area contributed by atoms with Crippen molar-refractivity contribution in [3.63, 3.8) is 0 Å². The van der Waals surface area contributed by atoms with Crippen molar-refractivity contribution in [3.05, 3.63) is 104 Å². The SMILES string of the molecule is O=c1/c(=C/c2cn(CCSc3ccc(Cl)cc3)c3ccccc23)sc2nc3ccccc3n12. The van der Waals surface area contributed by atoms with Gasteiger partial charge in [-0.05, 0) is 48.5 Å². The third-order valence-electron chi connectivity index (χ3n) is 5.67. The fourth-order valence-electron chi connectivity index (χ4n) is 4.12. The first-order valence-corrected chi connectivity index (χ1v) is 12.7. The summed E-state index contributed by atoms with van der Waals surface area (Å²) in [6, 6.07) is 24.0. The van der Waals surface area contributed by atoms with E-state index in [9.17, 15) is 4.79 Å². The molecule has 6 rings (SSSR count). The lowest BCUT2D eigenvalue weighted by Gasteiger charge is -2.05. The Morgan fingerprint density at radius 3 is 2.58 bits per heavy atom. The van der Waals surface area contributed by atoms with Gasteiger partial charge >= 0.3 is 0 Å². The van der Waals surface area contributed by atoms with Crippen molar-refractivity contribution < 1.29 is 0 Å². The first kappa shape index (κ1) is 20.5. The van der Waals surface area contributed by atoms with Gasteiger partial charge in [-0.3, -0.25) is 4.79 Å². The second-order valence-corrected chi connectivity index (χ2v) is 10.3. The Balaban J connectivity index is 1.37. The molecule has 33 heavy (non-hydrogen) atoms. The number of fused-ring (bicyclic) bond motifs is 4. The number of aryl methyl sites for hydroxylation is 1. The number of hydrogen-bond donors (Lipinski definition) is 0. The lowest BCUT2D eigenvalue weighted by Crippen LogP contribution is -2.22. The van der Waals surface area contributed by atoms with E-state index in [1.165, 1.54) is 21.7 Å². The van der Waals surface area contributed by atoms with Crippen LogP contribution in [0.25, 0.3) is 33.0 Å². The maximum atomic E-state index is 13.2. The van der Waals surface area contributed by atoms with E-state index in [4.69, 9.17) is 11.6 Å². The number of imidazole rings is 1. The van der Waals surface area contributed by atoms with Gasteiger partial charge in [0.25, 0.3) is 5.56 Å². The standard InChI is InChI=1S/C26H18ClN3OS2/c27-18-9-11-19(12-10-18)32-14-13-29-16-17(20-5-1-3-7-22(20)29)15-24-25(31)30-23-8-4-2-6-21(23)28-26(30)33-24/h1-12,15-16H,13-14H2/b24-15-. The average molecular weight is 488 g/mol. The Hall–Kier alpha value is -3.06. The fraction of sp³-hybridized carbons (Fsp3) is 0.0769. The van der Waals surface area contributed by atoms with Gasteiger partial charge in [-0.25, -0.2) is 9.38 Å².